The molecule has 0 aliphatic rings. The number of para-hydroxylation sites is 1. The Balaban J connectivity index is 1.90. The molecule has 3 aromatic rings. The van der Waals surface area contributed by atoms with E-state index < -0.39 is 0 Å². The Labute approximate surface area is 152 Å². The van der Waals surface area contributed by atoms with E-state index in [0.717, 1.165) is 17.1 Å². The fourth-order valence-corrected chi connectivity index (χ4v) is 2.81. The number of ether oxygens (including phenoxy) is 2. The molecule has 0 saturated carbocycles. The van der Waals surface area contributed by atoms with Crippen LogP contribution in [-0.4, -0.2) is 29.9 Å². The van der Waals surface area contributed by atoms with Crippen LogP contribution in [0.4, 0.5) is 5.69 Å². The summed E-state index contributed by atoms with van der Waals surface area (Å²) in [6.07, 6.45) is 0. The Hall–Kier alpha value is -3.28. The van der Waals surface area contributed by atoms with Gasteiger partial charge >= 0.3 is 0 Å². The molecule has 0 atom stereocenters. The van der Waals surface area contributed by atoms with Crippen molar-refractivity contribution in [3.63, 3.8) is 0 Å². The lowest BCUT2D eigenvalue weighted by molar-refractivity contribution is 0.102. The van der Waals surface area contributed by atoms with E-state index in [1.807, 2.05) is 48.9 Å². The molecule has 134 valence electrons. The number of carbonyl (C=O) groups is 1. The number of hydrogen-bond acceptors (Lipinski definition) is 4. The highest BCUT2D eigenvalue weighted by molar-refractivity contribution is 6.05. The maximum absolute atomic E-state index is 12.7. The molecular formula is C20H21N3O3. The Morgan fingerprint density at radius 3 is 2.35 bits per heavy atom. The van der Waals surface area contributed by atoms with E-state index in [-0.39, 0.29) is 5.91 Å². The first-order valence-corrected chi connectivity index (χ1v) is 8.20. The van der Waals surface area contributed by atoms with Crippen molar-refractivity contribution < 1.29 is 14.3 Å². The van der Waals surface area contributed by atoms with Gasteiger partial charge in [-0.1, -0.05) is 18.2 Å². The Kier molecular flexibility index (Phi) is 4.93. The summed E-state index contributed by atoms with van der Waals surface area (Å²) in [6, 6.07) is 14.9. The monoisotopic (exact) mass is 351 g/mol. The molecule has 0 bridgehead atoms. The lowest BCUT2D eigenvalue weighted by atomic mass is 10.1. The van der Waals surface area contributed by atoms with Gasteiger partial charge in [-0.25, -0.2) is 4.68 Å². The van der Waals surface area contributed by atoms with Gasteiger partial charge in [0.1, 0.15) is 0 Å². The van der Waals surface area contributed by atoms with E-state index >= 15 is 0 Å². The van der Waals surface area contributed by atoms with Crippen LogP contribution in [0.1, 0.15) is 21.7 Å². The van der Waals surface area contributed by atoms with E-state index in [1.54, 1.807) is 25.3 Å². The van der Waals surface area contributed by atoms with Crippen LogP contribution in [-0.2, 0) is 0 Å². The van der Waals surface area contributed by atoms with Crippen LogP contribution in [0.15, 0.2) is 48.5 Å². The van der Waals surface area contributed by atoms with Crippen molar-refractivity contribution in [1.29, 1.82) is 0 Å². The second-order valence-electron chi connectivity index (χ2n) is 5.82. The molecule has 0 saturated heterocycles. The predicted molar refractivity (Wildman–Crippen MR) is 101 cm³/mol. The van der Waals surface area contributed by atoms with Crippen molar-refractivity contribution in [2.24, 2.45) is 0 Å². The zero-order chi connectivity index (χ0) is 18.7. The minimum atomic E-state index is -0.232. The summed E-state index contributed by atoms with van der Waals surface area (Å²) in [5, 5.41) is 7.50. The summed E-state index contributed by atoms with van der Waals surface area (Å²) in [6.45, 7) is 3.80. The number of nitrogens with zero attached hydrogens (tertiary/aromatic N) is 2. The maximum Gasteiger partial charge on any atom is 0.255 e. The summed E-state index contributed by atoms with van der Waals surface area (Å²) in [5.41, 5.74) is 3.74. The van der Waals surface area contributed by atoms with Crippen LogP contribution in [0, 0.1) is 13.8 Å². The topological polar surface area (TPSA) is 65.4 Å². The van der Waals surface area contributed by atoms with Gasteiger partial charge in [0, 0.05) is 5.56 Å². The Bertz CT molecular complexity index is 933. The molecule has 6 nitrogen and oxygen atoms in total. The Morgan fingerprint density at radius 1 is 1.00 bits per heavy atom. The van der Waals surface area contributed by atoms with Gasteiger partial charge in [0.15, 0.2) is 11.5 Å². The normalized spacial score (nSPS) is 10.5. The number of methoxy groups -OCH3 is 2. The van der Waals surface area contributed by atoms with E-state index in [0.29, 0.717) is 22.7 Å². The minimum absolute atomic E-state index is 0.232. The average Bonchev–Trinajstić information content (AvgIpc) is 2.96. The van der Waals surface area contributed by atoms with Gasteiger partial charge in [-0.05, 0) is 44.2 Å². The molecule has 0 spiro atoms. The number of amides is 1. The minimum Gasteiger partial charge on any atom is -0.493 e. The number of aromatic nitrogens is 2. The molecule has 1 heterocycles. The molecule has 0 fully saturated rings. The number of aryl methyl sites for hydroxylation is 1. The molecule has 0 unspecified atom stereocenters. The van der Waals surface area contributed by atoms with Crippen LogP contribution in [0.25, 0.3) is 5.69 Å². The van der Waals surface area contributed by atoms with Crippen molar-refractivity contribution >= 4 is 11.6 Å². The quantitative estimate of drug-likeness (QED) is 0.760. The summed E-state index contributed by atoms with van der Waals surface area (Å²) in [7, 11) is 3.10. The number of rotatable bonds is 5. The molecule has 0 aliphatic carbocycles. The molecule has 6 heteroatoms. The third kappa shape index (κ3) is 3.26. The highest BCUT2D eigenvalue weighted by Gasteiger charge is 2.17. The predicted octanol–water partition coefficient (Wildman–Crippen LogP) is 3.76. The largest absolute Gasteiger partial charge is 0.493 e. The molecule has 0 aliphatic heterocycles. The number of anilines is 1. The van der Waals surface area contributed by atoms with Gasteiger partial charge in [-0.3, -0.25) is 4.79 Å². The van der Waals surface area contributed by atoms with Crippen LogP contribution >= 0.6 is 0 Å². The van der Waals surface area contributed by atoms with Gasteiger partial charge in [-0.2, -0.15) is 5.10 Å². The van der Waals surface area contributed by atoms with Crippen molar-refractivity contribution in [3.8, 4) is 17.2 Å². The highest BCUT2D eigenvalue weighted by Crippen LogP contribution is 2.29. The molecule has 26 heavy (non-hydrogen) atoms. The maximum atomic E-state index is 12.7. The van der Waals surface area contributed by atoms with Gasteiger partial charge in [-0.15, -0.1) is 0 Å². The molecule has 3 rings (SSSR count). The molecule has 2 aromatic carbocycles. The van der Waals surface area contributed by atoms with Crippen LogP contribution in [0.2, 0.25) is 0 Å². The standard InChI is InChI=1S/C20H21N3O3/c1-13-19(14(2)23(22-13)16-8-6-5-7-9-16)21-20(24)15-10-11-17(25-3)18(12-15)26-4/h5-12H,1-4H3,(H,21,24). The summed E-state index contributed by atoms with van der Waals surface area (Å²) in [5.74, 6) is 0.853. The van der Waals surface area contributed by atoms with Crippen molar-refractivity contribution in [2.45, 2.75) is 13.8 Å². The zero-order valence-corrected chi connectivity index (χ0v) is 15.2. The first kappa shape index (κ1) is 17.5. The summed E-state index contributed by atoms with van der Waals surface area (Å²) >= 11 is 0. The lowest BCUT2D eigenvalue weighted by Gasteiger charge is -2.10. The number of benzene rings is 2. The smallest absolute Gasteiger partial charge is 0.255 e. The van der Waals surface area contributed by atoms with Crippen LogP contribution in [0.3, 0.4) is 0 Å². The molecule has 1 N–H and O–H groups in total. The van der Waals surface area contributed by atoms with E-state index in [4.69, 9.17) is 9.47 Å². The van der Waals surface area contributed by atoms with E-state index in [2.05, 4.69) is 10.4 Å². The summed E-state index contributed by atoms with van der Waals surface area (Å²) in [4.78, 5) is 12.7. The SMILES string of the molecule is COc1ccc(C(=O)Nc2c(C)nn(-c3ccccc3)c2C)cc1OC. The first-order chi connectivity index (χ1) is 12.5. The number of hydrogen-bond donors (Lipinski definition) is 1. The third-order valence-corrected chi connectivity index (χ3v) is 4.18. The molecule has 0 radical (unpaired) electrons. The van der Waals surface area contributed by atoms with Gasteiger partial charge in [0.25, 0.3) is 5.91 Å². The molecule has 1 aromatic heterocycles. The highest BCUT2D eigenvalue weighted by atomic mass is 16.5. The van der Waals surface area contributed by atoms with Crippen molar-refractivity contribution in [3.05, 3.63) is 65.5 Å². The van der Waals surface area contributed by atoms with Crippen LogP contribution in [0.5, 0.6) is 11.5 Å². The van der Waals surface area contributed by atoms with Crippen molar-refractivity contribution in [1.82, 2.24) is 9.78 Å². The van der Waals surface area contributed by atoms with Crippen LogP contribution < -0.4 is 14.8 Å². The summed E-state index contributed by atoms with van der Waals surface area (Å²) < 4.78 is 12.3. The fourth-order valence-electron chi connectivity index (χ4n) is 2.81. The van der Waals surface area contributed by atoms with Crippen molar-refractivity contribution in [2.75, 3.05) is 19.5 Å². The first-order valence-electron chi connectivity index (χ1n) is 8.20. The van der Waals surface area contributed by atoms with Gasteiger partial charge in [0.2, 0.25) is 0 Å². The fraction of sp³-hybridized carbons (Fsp3) is 0.200. The lowest BCUT2D eigenvalue weighted by Crippen LogP contribution is -2.13. The number of nitrogens with one attached hydrogen (secondary N) is 1. The molecule has 1 amide bonds. The second kappa shape index (κ2) is 7.31. The zero-order valence-electron chi connectivity index (χ0n) is 15.2. The van der Waals surface area contributed by atoms with Gasteiger partial charge < -0.3 is 14.8 Å². The Morgan fingerprint density at radius 2 is 1.69 bits per heavy atom. The van der Waals surface area contributed by atoms with E-state index in [1.165, 1.54) is 7.11 Å². The third-order valence-electron chi connectivity index (χ3n) is 4.18. The van der Waals surface area contributed by atoms with E-state index in [9.17, 15) is 4.79 Å². The molecular weight excluding hydrogens is 330 g/mol. The average molecular weight is 351 g/mol. The number of carbonyl (C=O) groups excluding carboxylic acids is 1. The van der Waals surface area contributed by atoms with Gasteiger partial charge in [0.05, 0.1) is 37.0 Å². The second-order valence-corrected chi connectivity index (χ2v) is 5.82.